The summed E-state index contributed by atoms with van der Waals surface area (Å²) in [5, 5.41) is 46.6. The first kappa shape index (κ1) is 78.7. The van der Waals surface area contributed by atoms with Gasteiger partial charge in [0.2, 0.25) is 23.6 Å². The molecule has 0 aliphatic carbocycles. The van der Waals surface area contributed by atoms with Gasteiger partial charge < -0.3 is 82.9 Å². The van der Waals surface area contributed by atoms with Gasteiger partial charge in [0.1, 0.15) is 37.1 Å². The van der Waals surface area contributed by atoms with Crippen LogP contribution < -0.4 is 27.0 Å². The fraction of sp³-hybridized carbons (Fsp3) is 0.792. The van der Waals surface area contributed by atoms with Crippen molar-refractivity contribution in [1.29, 1.82) is 0 Å². The second-order valence-electron chi connectivity index (χ2n) is 18.7. The molecule has 10 N–H and O–H groups in total. The molecule has 0 aromatic rings. The number of ether oxygens (including phenoxy) is 4. The van der Waals surface area contributed by atoms with E-state index in [2.05, 4.69) is 28.2 Å². The number of aliphatic hydroxyl groups excluding tert-OH is 1. The van der Waals surface area contributed by atoms with Crippen molar-refractivity contribution < 1.29 is 120 Å². The van der Waals surface area contributed by atoms with Gasteiger partial charge in [-0.3, -0.25) is 33.6 Å². The molecule has 25 heteroatoms. The summed E-state index contributed by atoms with van der Waals surface area (Å²) in [5.74, 6) is -6.68. The fourth-order valence-corrected chi connectivity index (χ4v) is 7.85. The zero-order valence-electron chi connectivity index (χ0n) is 46.3. The van der Waals surface area contributed by atoms with Crippen LogP contribution in [0.2, 0.25) is 0 Å². The Bertz CT molecular complexity index is 1630. The summed E-state index contributed by atoms with van der Waals surface area (Å²) in [7, 11) is 0. The van der Waals surface area contributed by atoms with Gasteiger partial charge in [-0.1, -0.05) is 89.9 Å². The van der Waals surface area contributed by atoms with E-state index >= 15 is 0 Å². The smallest absolute Gasteiger partial charge is 0.326 e. The summed E-state index contributed by atoms with van der Waals surface area (Å²) in [6, 6.07) is -1.41. The van der Waals surface area contributed by atoms with Crippen LogP contribution in [-0.4, -0.2) is 183 Å². The third-order valence-corrected chi connectivity index (χ3v) is 12.5. The van der Waals surface area contributed by atoms with E-state index in [0.29, 0.717) is 19.1 Å². The Morgan fingerprint density at radius 1 is 0.564 bits per heavy atom. The number of thioether (sulfide) groups is 1. The molecule has 0 rings (SSSR count). The summed E-state index contributed by atoms with van der Waals surface area (Å²) in [5.41, 5.74) is 4.92. The van der Waals surface area contributed by atoms with Gasteiger partial charge in [-0.25, -0.2) is 4.79 Å². The van der Waals surface area contributed by atoms with E-state index in [-0.39, 0.29) is 191 Å². The average Bonchev–Trinajstić information content (AvgIpc) is 3.38. The minimum Gasteiger partial charge on any atom is -0.481 e. The molecule has 0 aromatic heterocycles. The summed E-state index contributed by atoms with van der Waals surface area (Å²) >= 11 is 1.16. The number of carboxylic acids is 3. The maximum absolute atomic E-state index is 12.4. The van der Waals surface area contributed by atoms with Crippen LogP contribution in [0.5, 0.6) is 0 Å². The first-order valence-corrected chi connectivity index (χ1v) is 28.4. The largest absolute Gasteiger partial charge is 0.481 e. The summed E-state index contributed by atoms with van der Waals surface area (Å²) < 4.78 is 21.4. The topological polar surface area (TPSA) is 363 Å². The molecule has 0 aliphatic rings. The van der Waals surface area contributed by atoms with Crippen molar-refractivity contribution >= 4 is 71.2 Å². The molecule has 0 saturated heterocycles. The van der Waals surface area contributed by atoms with Crippen molar-refractivity contribution in [2.75, 3.05) is 90.6 Å². The van der Waals surface area contributed by atoms with Gasteiger partial charge in [-0.2, -0.15) is 11.8 Å². The fourth-order valence-electron chi connectivity index (χ4n) is 6.98. The molecule has 4 amide bonds. The molecule has 78 heavy (non-hydrogen) atoms. The van der Waals surface area contributed by atoms with E-state index in [4.69, 9.17) is 40.0 Å². The van der Waals surface area contributed by atoms with Crippen molar-refractivity contribution in [3.63, 3.8) is 0 Å². The Balaban J connectivity index is -0.00000892. The molecule has 1 radical (unpaired) electrons. The normalized spacial score (nSPS) is 12.3. The van der Waals surface area contributed by atoms with Crippen LogP contribution in [-0.2, 0) is 99.6 Å². The van der Waals surface area contributed by atoms with Gasteiger partial charge in [-0.05, 0) is 38.4 Å². The Morgan fingerprint density at radius 3 is 1.47 bits per heavy atom. The molecule has 0 unspecified atom stereocenters. The van der Waals surface area contributed by atoms with Crippen LogP contribution in [0, 0.1) is 18.8 Å². The Labute approximate surface area is 491 Å². The molecule has 0 saturated carbocycles. The van der Waals surface area contributed by atoms with E-state index in [1.807, 2.05) is 0 Å². The number of nitrogens with one attached hydrogen (secondary N) is 4. The van der Waals surface area contributed by atoms with Crippen LogP contribution in [0.15, 0.2) is 0 Å². The minimum atomic E-state index is -1.26. The molecular formula is C53H94N5O18SY-. The number of nitrogens with two attached hydrogens (primary N) is 1. The van der Waals surface area contributed by atoms with Gasteiger partial charge in [-0.15, -0.1) is 5.92 Å². The molecular weight excluding hydrogens is 1120 g/mol. The van der Waals surface area contributed by atoms with Gasteiger partial charge in [0, 0.05) is 91.1 Å². The minimum absolute atomic E-state index is 0. The predicted molar refractivity (Wildman–Crippen MR) is 290 cm³/mol. The quantitative estimate of drug-likeness (QED) is 0.0239. The molecule has 0 aliphatic heterocycles. The second-order valence-corrected chi connectivity index (χ2v) is 19.7. The van der Waals surface area contributed by atoms with E-state index in [1.165, 1.54) is 57.8 Å². The van der Waals surface area contributed by atoms with Crippen LogP contribution in [0.3, 0.4) is 0 Å². The van der Waals surface area contributed by atoms with Gasteiger partial charge in [0.25, 0.3) is 0 Å². The molecule has 23 nitrogen and oxygen atoms in total. The number of hydrogen-bond acceptors (Lipinski definition) is 17. The number of amides is 4. The molecule has 4 atom stereocenters. The Kier molecular flexibility index (Phi) is 57.3. The number of carboxylic acid groups (broad SMARTS) is 3. The Morgan fingerprint density at radius 2 is 1.01 bits per heavy atom. The van der Waals surface area contributed by atoms with E-state index < -0.39 is 48.2 Å². The summed E-state index contributed by atoms with van der Waals surface area (Å²) in [6.45, 7) is 6.05. The number of aliphatic hydroxyl groups is 1. The Hall–Kier alpha value is -3.49. The van der Waals surface area contributed by atoms with Gasteiger partial charge in [0.15, 0.2) is 0 Å². The summed E-state index contributed by atoms with van der Waals surface area (Å²) in [6.07, 6.45) is 19.3. The van der Waals surface area contributed by atoms with Crippen LogP contribution in [0.4, 0.5) is 0 Å². The number of carbonyl (C=O) groups is 10. The van der Waals surface area contributed by atoms with Gasteiger partial charge >= 0.3 is 17.9 Å². The average molecular weight is 1210 g/mol. The van der Waals surface area contributed by atoms with Crippen LogP contribution in [0.25, 0.3) is 0 Å². The summed E-state index contributed by atoms with van der Waals surface area (Å²) in [4.78, 5) is 115. The number of ketones is 2. The number of Topliss-reactive ketones (excluding diaryl/α,β-unsaturated/α-hetero) is 2. The number of aldehydes is 1. The second kappa shape index (κ2) is 56.8. The van der Waals surface area contributed by atoms with Crippen molar-refractivity contribution in [2.45, 2.75) is 167 Å². The van der Waals surface area contributed by atoms with E-state index in [1.54, 1.807) is 6.92 Å². The molecule has 0 bridgehead atoms. The monoisotopic (exact) mass is 1210 g/mol. The zero-order chi connectivity index (χ0) is 57.7. The van der Waals surface area contributed by atoms with Crippen LogP contribution in [0.1, 0.15) is 155 Å². The van der Waals surface area contributed by atoms with Crippen molar-refractivity contribution in [2.24, 2.45) is 17.6 Å². The van der Waals surface area contributed by atoms with Gasteiger partial charge in [0.05, 0.1) is 57.4 Å². The van der Waals surface area contributed by atoms with Crippen molar-refractivity contribution in [3.05, 3.63) is 6.92 Å². The number of hydrogen-bond donors (Lipinski definition) is 9. The van der Waals surface area contributed by atoms with E-state index in [9.17, 15) is 53.1 Å². The van der Waals surface area contributed by atoms with E-state index in [0.717, 1.165) is 50.3 Å². The predicted octanol–water partition coefficient (Wildman–Crippen LogP) is 3.57. The zero-order valence-corrected chi connectivity index (χ0v) is 50.0. The maximum Gasteiger partial charge on any atom is 0.326 e. The third-order valence-electron chi connectivity index (χ3n) is 11.4. The molecule has 0 aromatic carbocycles. The molecule has 0 fully saturated rings. The van der Waals surface area contributed by atoms with Crippen LogP contribution >= 0.6 is 11.8 Å². The van der Waals surface area contributed by atoms with Crippen molar-refractivity contribution in [3.8, 4) is 0 Å². The number of carbonyl (C=O) groups excluding carboxylic acids is 7. The molecule has 449 valence electrons. The molecule has 0 heterocycles. The number of unbranched alkanes of at least 4 members (excludes halogenated alkanes) is 15. The first-order valence-electron chi connectivity index (χ1n) is 27.3. The number of rotatable bonds is 54. The first-order chi connectivity index (χ1) is 36.9. The standard InChI is InChI=1S/C50H87N4O17S.C3H7NO.Y/c1-39(43(57)33-40(34-55)49(64)65)37-72-38-47(61)52-25-24-51-45(59)35-71-32-30-69-28-26-53-46(60)36-70-31-29-68-27-18-19-41(56)22-23-42(50(66)67)54-44(58)20-16-14-12-10-8-6-4-2-3-5-7-9-11-13-15-17-21-48(62)63;1-3(4)2-5;/h39-40,42,55H,1-38H2,(H,51,59)(H,52,61)(H,53,60)(H,54,58)(H,62,63)(H,64,65)(H,66,67);2-3H,4H2,1H3;/q-1;;/t39-,40-,42-;3-;/m00./s1. The van der Waals surface area contributed by atoms with Crippen molar-refractivity contribution in [1.82, 2.24) is 21.3 Å². The number of aliphatic carboxylic acids is 3. The maximum atomic E-state index is 12.4. The SMILES string of the molecule is C[C@H](N)C=O.[CH2-][C@@H](CSCC(=O)NCCNC(=O)COCCOCCNC(=O)COCCOCCCC(=O)CC[C@H](NC(=O)CCCCCCCCCCCCCCCCCCC(=O)O)C(=O)O)C(=O)C[C@@H](CO)C(=O)O.[Y]. The molecule has 0 spiro atoms. The third kappa shape index (κ3) is 55.8.